The van der Waals surface area contributed by atoms with Crippen molar-refractivity contribution in [3.8, 4) is 0 Å². The summed E-state index contributed by atoms with van der Waals surface area (Å²) in [5, 5.41) is 1.69. The third-order valence-electron chi connectivity index (χ3n) is 2.51. The van der Waals surface area contributed by atoms with Gasteiger partial charge in [-0.15, -0.1) is 0 Å². The molecule has 1 nitrogen and oxygen atoms in total. The fraction of sp³-hybridized carbons (Fsp3) is 0.400. The minimum atomic E-state index is -0.0488. The minimum absolute atomic E-state index is 0.0488. The Morgan fingerprint density at radius 3 is 2.07 bits per heavy atom. The highest BCUT2D eigenvalue weighted by Crippen LogP contribution is 2.44. The molecule has 4 heteroatoms. The van der Waals surface area contributed by atoms with Gasteiger partial charge in [0.05, 0.1) is 0 Å². The van der Waals surface area contributed by atoms with Crippen LogP contribution >= 0.6 is 34.8 Å². The highest BCUT2D eigenvalue weighted by molar-refractivity contribution is 6.39. The van der Waals surface area contributed by atoms with Gasteiger partial charge in [-0.2, -0.15) is 0 Å². The van der Waals surface area contributed by atoms with Crippen molar-refractivity contribution < 1.29 is 0 Å². The average Bonchev–Trinajstić information content (AvgIpc) is 2.83. The van der Waals surface area contributed by atoms with Crippen LogP contribution in [0.3, 0.4) is 0 Å². The molecule has 14 heavy (non-hydrogen) atoms. The molecule has 1 aromatic rings. The standard InChI is InChI=1S/C10H10Cl3N/c11-6-3-7(12)9(8(13)4-6)10(14)5-1-2-5/h3-5,10H,1-2,14H2/t10-/m1/s1. The van der Waals surface area contributed by atoms with Gasteiger partial charge in [-0.05, 0) is 30.9 Å². The van der Waals surface area contributed by atoms with Crippen LogP contribution in [0.15, 0.2) is 12.1 Å². The van der Waals surface area contributed by atoms with Crippen LogP contribution in [0.1, 0.15) is 24.4 Å². The molecule has 0 unspecified atom stereocenters. The highest BCUT2D eigenvalue weighted by atomic mass is 35.5. The van der Waals surface area contributed by atoms with E-state index in [-0.39, 0.29) is 6.04 Å². The molecule has 1 aliphatic rings. The fourth-order valence-corrected chi connectivity index (χ4v) is 2.63. The molecule has 0 saturated heterocycles. The van der Waals surface area contributed by atoms with Crippen molar-refractivity contribution >= 4 is 34.8 Å². The van der Waals surface area contributed by atoms with Gasteiger partial charge in [0.1, 0.15) is 0 Å². The molecule has 0 bridgehead atoms. The molecule has 0 heterocycles. The minimum Gasteiger partial charge on any atom is -0.324 e. The zero-order chi connectivity index (χ0) is 10.3. The molecular weight excluding hydrogens is 240 g/mol. The first-order valence-electron chi connectivity index (χ1n) is 4.49. The number of nitrogens with two attached hydrogens (primary N) is 1. The van der Waals surface area contributed by atoms with E-state index in [9.17, 15) is 0 Å². The molecule has 0 aromatic heterocycles. The van der Waals surface area contributed by atoms with E-state index >= 15 is 0 Å². The van der Waals surface area contributed by atoms with E-state index in [4.69, 9.17) is 40.5 Å². The van der Waals surface area contributed by atoms with Crippen LogP contribution in [-0.4, -0.2) is 0 Å². The lowest BCUT2D eigenvalue weighted by atomic mass is 10.0. The fourth-order valence-electron chi connectivity index (χ4n) is 1.56. The number of benzene rings is 1. The molecule has 1 fully saturated rings. The Balaban J connectivity index is 2.40. The van der Waals surface area contributed by atoms with Gasteiger partial charge in [-0.25, -0.2) is 0 Å². The normalized spacial score (nSPS) is 18.3. The molecule has 0 spiro atoms. The van der Waals surface area contributed by atoms with Crippen LogP contribution in [0.2, 0.25) is 15.1 Å². The van der Waals surface area contributed by atoms with Gasteiger partial charge in [-0.3, -0.25) is 0 Å². The zero-order valence-corrected chi connectivity index (χ0v) is 9.70. The van der Waals surface area contributed by atoms with Gasteiger partial charge in [0.2, 0.25) is 0 Å². The van der Waals surface area contributed by atoms with Gasteiger partial charge in [0.25, 0.3) is 0 Å². The van der Waals surface area contributed by atoms with Crippen LogP contribution < -0.4 is 5.73 Å². The highest BCUT2D eigenvalue weighted by Gasteiger charge is 2.32. The number of rotatable bonds is 2. The van der Waals surface area contributed by atoms with E-state index in [1.807, 2.05) is 0 Å². The summed E-state index contributed by atoms with van der Waals surface area (Å²) < 4.78 is 0. The van der Waals surface area contributed by atoms with E-state index in [0.29, 0.717) is 21.0 Å². The lowest BCUT2D eigenvalue weighted by molar-refractivity contribution is 0.634. The largest absolute Gasteiger partial charge is 0.324 e. The third-order valence-corrected chi connectivity index (χ3v) is 3.35. The van der Waals surface area contributed by atoms with E-state index in [1.54, 1.807) is 12.1 Å². The topological polar surface area (TPSA) is 26.0 Å². The third kappa shape index (κ3) is 2.01. The maximum Gasteiger partial charge on any atom is 0.0483 e. The molecule has 2 rings (SSSR count). The first-order chi connectivity index (χ1) is 6.59. The molecule has 0 aliphatic heterocycles. The van der Waals surface area contributed by atoms with Gasteiger partial charge in [0, 0.05) is 26.7 Å². The molecule has 0 radical (unpaired) electrons. The van der Waals surface area contributed by atoms with Crippen LogP contribution in [0.5, 0.6) is 0 Å². The summed E-state index contributed by atoms with van der Waals surface area (Å²) in [7, 11) is 0. The van der Waals surface area contributed by atoms with Crippen molar-refractivity contribution in [2.75, 3.05) is 0 Å². The van der Waals surface area contributed by atoms with Crippen LogP contribution in [0, 0.1) is 5.92 Å². The summed E-state index contributed by atoms with van der Waals surface area (Å²) in [6, 6.07) is 3.33. The zero-order valence-electron chi connectivity index (χ0n) is 7.43. The Bertz CT molecular complexity index is 337. The van der Waals surface area contributed by atoms with Gasteiger partial charge >= 0.3 is 0 Å². The number of halogens is 3. The number of hydrogen-bond donors (Lipinski definition) is 1. The van der Waals surface area contributed by atoms with Crippen LogP contribution in [0.4, 0.5) is 0 Å². The number of hydrogen-bond acceptors (Lipinski definition) is 1. The lowest BCUT2D eigenvalue weighted by Crippen LogP contribution is -2.13. The lowest BCUT2D eigenvalue weighted by Gasteiger charge is -2.14. The van der Waals surface area contributed by atoms with Gasteiger partial charge in [0.15, 0.2) is 0 Å². The molecule has 1 saturated carbocycles. The molecule has 1 atom stereocenters. The Hall–Kier alpha value is 0.0500. The van der Waals surface area contributed by atoms with E-state index in [0.717, 1.165) is 18.4 Å². The van der Waals surface area contributed by atoms with Crippen molar-refractivity contribution in [1.29, 1.82) is 0 Å². The van der Waals surface area contributed by atoms with E-state index in [1.165, 1.54) is 0 Å². The monoisotopic (exact) mass is 249 g/mol. The second kappa shape index (κ2) is 3.90. The van der Waals surface area contributed by atoms with Crippen LogP contribution in [-0.2, 0) is 0 Å². The first kappa shape index (κ1) is 10.6. The van der Waals surface area contributed by atoms with Crippen molar-refractivity contribution in [3.63, 3.8) is 0 Å². The predicted molar refractivity (Wildman–Crippen MR) is 61.1 cm³/mol. The second-order valence-electron chi connectivity index (χ2n) is 3.65. The quantitative estimate of drug-likeness (QED) is 0.842. The molecule has 76 valence electrons. The molecule has 2 N–H and O–H groups in total. The van der Waals surface area contributed by atoms with Crippen molar-refractivity contribution in [1.82, 2.24) is 0 Å². The molecular formula is C10H10Cl3N. The summed E-state index contributed by atoms with van der Waals surface area (Å²) in [6.07, 6.45) is 2.33. The van der Waals surface area contributed by atoms with Gasteiger partial charge in [-0.1, -0.05) is 34.8 Å². The maximum atomic E-state index is 6.05. The smallest absolute Gasteiger partial charge is 0.0483 e. The maximum absolute atomic E-state index is 6.05. The molecule has 1 aliphatic carbocycles. The summed E-state index contributed by atoms with van der Waals surface area (Å²) in [4.78, 5) is 0. The predicted octanol–water partition coefficient (Wildman–Crippen LogP) is 4.06. The molecule has 0 amide bonds. The Labute approximate surface area is 98.1 Å². The van der Waals surface area contributed by atoms with Crippen LogP contribution in [0.25, 0.3) is 0 Å². The van der Waals surface area contributed by atoms with Crippen molar-refractivity contribution in [3.05, 3.63) is 32.8 Å². The Kier molecular flexibility index (Phi) is 2.94. The van der Waals surface area contributed by atoms with Gasteiger partial charge < -0.3 is 5.73 Å². The second-order valence-corrected chi connectivity index (χ2v) is 4.90. The van der Waals surface area contributed by atoms with Crippen molar-refractivity contribution in [2.24, 2.45) is 11.7 Å². The van der Waals surface area contributed by atoms with E-state index < -0.39 is 0 Å². The summed E-state index contributed by atoms with van der Waals surface area (Å²) >= 11 is 17.9. The summed E-state index contributed by atoms with van der Waals surface area (Å²) in [6.45, 7) is 0. The Morgan fingerprint density at radius 2 is 1.64 bits per heavy atom. The van der Waals surface area contributed by atoms with E-state index in [2.05, 4.69) is 0 Å². The van der Waals surface area contributed by atoms with Crippen molar-refractivity contribution in [2.45, 2.75) is 18.9 Å². The summed E-state index contributed by atoms with van der Waals surface area (Å²) in [5.41, 5.74) is 6.87. The summed E-state index contributed by atoms with van der Waals surface area (Å²) in [5.74, 6) is 0.533. The average molecular weight is 251 g/mol. The SMILES string of the molecule is N[C@@H](c1c(Cl)cc(Cl)cc1Cl)C1CC1. The first-order valence-corrected chi connectivity index (χ1v) is 5.63. The molecule has 1 aromatic carbocycles. The Morgan fingerprint density at radius 1 is 1.14 bits per heavy atom.